The molecule has 0 saturated heterocycles. The van der Waals surface area contributed by atoms with E-state index in [-0.39, 0.29) is 32.0 Å². The highest BCUT2D eigenvalue weighted by Crippen LogP contribution is 2.38. The van der Waals surface area contributed by atoms with Crippen LogP contribution in [0.25, 0.3) is 0 Å². The standard InChI is InChI=1S/C64H120NO8P/c1-6-8-10-12-14-16-18-20-22-24-25-26-27-28-29-30-31-32-33-34-35-36-37-38-39-41-43-45-47-49-51-53-55-57-64(67)73-62(61-72-74(68,69)71-59-58-65(3,4)5)60-70-63(66)56-54-52-50-48-46-44-42-40-23-21-19-17-15-13-11-9-7-2/h8,10,14,16,20,22,25-26,62H,6-7,9,11-13,15,17-19,21,23-24,27-61H2,1-5H3/b10-8-,16-14-,22-20-,26-25-. The maximum atomic E-state index is 12.8. The molecule has 0 radical (unpaired) electrons. The van der Waals surface area contributed by atoms with Crippen LogP contribution in [0, 0.1) is 0 Å². The molecule has 0 aromatic rings. The van der Waals surface area contributed by atoms with E-state index in [1.807, 2.05) is 21.1 Å². The lowest BCUT2D eigenvalue weighted by Crippen LogP contribution is -2.37. The average molecular weight is 1060 g/mol. The van der Waals surface area contributed by atoms with Crippen molar-refractivity contribution in [2.45, 2.75) is 302 Å². The second kappa shape index (κ2) is 55.7. The summed E-state index contributed by atoms with van der Waals surface area (Å²) in [4.78, 5) is 37.9. The van der Waals surface area contributed by atoms with E-state index in [0.29, 0.717) is 17.4 Å². The normalized spacial score (nSPS) is 13.5. The zero-order valence-corrected chi connectivity index (χ0v) is 50.2. The van der Waals surface area contributed by atoms with Gasteiger partial charge >= 0.3 is 11.9 Å². The predicted molar refractivity (Wildman–Crippen MR) is 314 cm³/mol. The molecule has 0 saturated carbocycles. The maximum absolute atomic E-state index is 12.8. The van der Waals surface area contributed by atoms with Gasteiger partial charge in [0.15, 0.2) is 6.10 Å². The van der Waals surface area contributed by atoms with Crippen molar-refractivity contribution in [1.29, 1.82) is 0 Å². The number of hydrogen-bond acceptors (Lipinski definition) is 8. The Balaban J connectivity index is 4.00. The Morgan fingerprint density at radius 2 is 0.770 bits per heavy atom. The van der Waals surface area contributed by atoms with E-state index in [1.165, 1.54) is 205 Å². The number of carbonyl (C=O) groups is 2. The summed E-state index contributed by atoms with van der Waals surface area (Å²) >= 11 is 0. The average Bonchev–Trinajstić information content (AvgIpc) is 3.36. The van der Waals surface area contributed by atoms with Gasteiger partial charge in [0.05, 0.1) is 27.7 Å². The van der Waals surface area contributed by atoms with Crippen LogP contribution in [0.3, 0.4) is 0 Å². The minimum absolute atomic E-state index is 0.0282. The zero-order valence-electron chi connectivity index (χ0n) is 49.3. The molecule has 0 rings (SSSR count). The van der Waals surface area contributed by atoms with Crippen molar-refractivity contribution in [3.8, 4) is 0 Å². The summed E-state index contributed by atoms with van der Waals surface area (Å²) in [5.74, 6) is -0.816. The molecule has 0 heterocycles. The van der Waals surface area contributed by atoms with Crippen molar-refractivity contribution in [2.24, 2.45) is 0 Å². The molecular formula is C64H120NO8P. The number of phosphoric ester groups is 1. The highest BCUT2D eigenvalue weighted by molar-refractivity contribution is 7.45. The second-order valence-corrected chi connectivity index (χ2v) is 23.8. The van der Waals surface area contributed by atoms with Crippen molar-refractivity contribution < 1.29 is 42.1 Å². The third-order valence-corrected chi connectivity index (χ3v) is 14.8. The largest absolute Gasteiger partial charge is 0.756 e. The number of nitrogens with zero attached hydrogens (tertiary/aromatic N) is 1. The molecule has 74 heavy (non-hydrogen) atoms. The van der Waals surface area contributed by atoms with E-state index in [0.717, 1.165) is 57.8 Å². The molecule has 0 aliphatic heterocycles. The van der Waals surface area contributed by atoms with Gasteiger partial charge in [0.1, 0.15) is 19.8 Å². The number of phosphoric acid groups is 1. The first-order valence-corrected chi connectivity index (χ1v) is 32.8. The van der Waals surface area contributed by atoms with Gasteiger partial charge < -0.3 is 27.9 Å². The molecule has 0 fully saturated rings. The van der Waals surface area contributed by atoms with Gasteiger partial charge in [-0.1, -0.05) is 281 Å². The Morgan fingerprint density at radius 3 is 1.15 bits per heavy atom. The minimum Gasteiger partial charge on any atom is -0.756 e. The van der Waals surface area contributed by atoms with E-state index in [4.69, 9.17) is 18.5 Å². The van der Waals surface area contributed by atoms with Crippen LogP contribution < -0.4 is 4.89 Å². The molecule has 434 valence electrons. The van der Waals surface area contributed by atoms with Crippen LogP contribution in [0.4, 0.5) is 0 Å². The quantitative estimate of drug-likeness (QED) is 0.0195. The number of quaternary nitrogens is 1. The van der Waals surface area contributed by atoms with Crippen LogP contribution in [0.1, 0.15) is 296 Å². The Labute approximate surface area is 458 Å². The van der Waals surface area contributed by atoms with Crippen LogP contribution in [0.15, 0.2) is 48.6 Å². The fourth-order valence-electron chi connectivity index (χ4n) is 9.06. The summed E-state index contributed by atoms with van der Waals surface area (Å²) < 4.78 is 34.2. The number of ether oxygens (including phenoxy) is 2. The molecule has 2 atom stereocenters. The first-order valence-electron chi connectivity index (χ1n) is 31.3. The molecule has 0 aromatic carbocycles. The van der Waals surface area contributed by atoms with Crippen LogP contribution in [-0.2, 0) is 32.7 Å². The molecule has 9 nitrogen and oxygen atoms in total. The van der Waals surface area contributed by atoms with Crippen molar-refractivity contribution >= 4 is 19.8 Å². The molecule has 0 aliphatic carbocycles. The zero-order chi connectivity index (χ0) is 54.2. The summed E-state index contributed by atoms with van der Waals surface area (Å²) in [6.07, 6.45) is 70.3. The number of carbonyl (C=O) groups excluding carboxylic acids is 2. The smallest absolute Gasteiger partial charge is 0.306 e. The Bertz CT molecular complexity index is 1390. The number of hydrogen-bond donors (Lipinski definition) is 0. The maximum Gasteiger partial charge on any atom is 0.306 e. The molecule has 0 N–H and O–H groups in total. The first kappa shape index (κ1) is 72.0. The SMILES string of the molecule is CC/C=C\C/C=C\C/C=C\C/C=C\CCCCCCCCCCCCCCCCCCCCCCC(=O)OC(COC(=O)CCCCCCCCCCCCCCCCCCC)COP(=O)([O-])OCC[N+](C)(C)C. The van der Waals surface area contributed by atoms with Crippen LogP contribution in [0.5, 0.6) is 0 Å². The van der Waals surface area contributed by atoms with E-state index >= 15 is 0 Å². The summed E-state index contributed by atoms with van der Waals surface area (Å²) in [6.45, 7) is 4.18. The second-order valence-electron chi connectivity index (χ2n) is 22.4. The lowest BCUT2D eigenvalue weighted by molar-refractivity contribution is -0.870. The Hall–Kier alpha value is -2.03. The van der Waals surface area contributed by atoms with Crippen LogP contribution in [0.2, 0.25) is 0 Å². The molecular weight excluding hydrogens is 942 g/mol. The van der Waals surface area contributed by atoms with Gasteiger partial charge in [-0.3, -0.25) is 14.2 Å². The third kappa shape index (κ3) is 59.2. The summed E-state index contributed by atoms with van der Waals surface area (Å²) in [5.41, 5.74) is 0. The van der Waals surface area contributed by atoms with Gasteiger partial charge in [-0.2, -0.15) is 0 Å². The van der Waals surface area contributed by atoms with Crippen molar-refractivity contribution in [2.75, 3.05) is 47.5 Å². The Morgan fingerprint density at radius 1 is 0.432 bits per heavy atom. The van der Waals surface area contributed by atoms with Gasteiger partial charge in [-0.15, -0.1) is 0 Å². The van der Waals surface area contributed by atoms with Crippen molar-refractivity contribution in [3.63, 3.8) is 0 Å². The van der Waals surface area contributed by atoms with Crippen LogP contribution >= 0.6 is 7.82 Å². The summed E-state index contributed by atoms with van der Waals surface area (Å²) in [5, 5.41) is 0. The molecule has 0 aliphatic rings. The number of unbranched alkanes of at least 4 members (excludes halogenated alkanes) is 36. The van der Waals surface area contributed by atoms with Gasteiger partial charge in [0, 0.05) is 12.8 Å². The van der Waals surface area contributed by atoms with Crippen LogP contribution in [-0.4, -0.2) is 70.0 Å². The Kier molecular flexibility index (Phi) is 54.2. The van der Waals surface area contributed by atoms with Crippen molar-refractivity contribution in [1.82, 2.24) is 0 Å². The highest BCUT2D eigenvalue weighted by Gasteiger charge is 2.22. The van der Waals surface area contributed by atoms with E-state index < -0.39 is 26.5 Å². The summed E-state index contributed by atoms with van der Waals surface area (Å²) in [6, 6.07) is 0. The van der Waals surface area contributed by atoms with Gasteiger partial charge in [-0.05, 0) is 51.4 Å². The molecule has 10 heteroatoms. The molecule has 0 bridgehead atoms. The molecule has 2 unspecified atom stereocenters. The van der Waals surface area contributed by atoms with Gasteiger partial charge in [0.2, 0.25) is 0 Å². The van der Waals surface area contributed by atoms with E-state index in [2.05, 4.69) is 62.5 Å². The van der Waals surface area contributed by atoms with E-state index in [1.54, 1.807) is 0 Å². The monoisotopic (exact) mass is 1060 g/mol. The van der Waals surface area contributed by atoms with Gasteiger partial charge in [-0.25, -0.2) is 0 Å². The predicted octanol–water partition coefficient (Wildman–Crippen LogP) is 19.1. The lowest BCUT2D eigenvalue weighted by Gasteiger charge is -2.28. The number of likely N-dealkylation sites (N-methyl/N-ethyl adjacent to an activating group) is 1. The number of esters is 2. The topological polar surface area (TPSA) is 111 Å². The molecule has 0 spiro atoms. The molecule has 0 amide bonds. The van der Waals surface area contributed by atoms with Gasteiger partial charge in [0.25, 0.3) is 7.82 Å². The third-order valence-electron chi connectivity index (χ3n) is 13.9. The highest BCUT2D eigenvalue weighted by atomic mass is 31.2. The number of rotatable bonds is 58. The molecule has 0 aromatic heterocycles. The lowest BCUT2D eigenvalue weighted by atomic mass is 10.0. The summed E-state index contributed by atoms with van der Waals surface area (Å²) in [7, 11) is 1.18. The first-order chi connectivity index (χ1) is 36.0. The van der Waals surface area contributed by atoms with E-state index in [9.17, 15) is 19.0 Å². The fraction of sp³-hybridized carbons (Fsp3) is 0.844. The van der Waals surface area contributed by atoms with Crippen molar-refractivity contribution in [3.05, 3.63) is 48.6 Å². The fourth-order valence-corrected chi connectivity index (χ4v) is 9.79. The number of allylic oxidation sites excluding steroid dienone is 8. The minimum atomic E-state index is -4.63.